The SMILES string of the molecule is C#Cc1ccc(-c2cnc([C@@H]3C[C@H]4C[C@H]4N3C(=O)OC(C)(C)C)[nH]2)cc1. The number of nitrogens with zero attached hydrogens (tertiary/aromatic N) is 2. The number of ether oxygens (including phenoxy) is 1. The summed E-state index contributed by atoms with van der Waals surface area (Å²) in [6.45, 7) is 5.68. The minimum atomic E-state index is -0.498. The van der Waals surface area contributed by atoms with E-state index in [0.717, 1.165) is 35.5 Å². The van der Waals surface area contributed by atoms with Gasteiger partial charge in [-0.2, -0.15) is 0 Å². The van der Waals surface area contributed by atoms with Crippen molar-refractivity contribution in [2.24, 2.45) is 5.92 Å². The van der Waals surface area contributed by atoms with E-state index in [4.69, 9.17) is 11.2 Å². The van der Waals surface area contributed by atoms with Crippen molar-refractivity contribution in [3.8, 4) is 23.6 Å². The second-order valence-corrected chi connectivity index (χ2v) is 8.11. The van der Waals surface area contributed by atoms with Crippen LogP contribution in [-0.4, -0.2) is 32.6 Å². The second kappa shape index (κ2) is 5.91. The quantitative estimate of drug-likeness (QED) is 0.830. The zero-order valence-electron chi connectivity index (χ0n) is 15.3. The number of aromatic nitrogens is 2. The molecule has 0 radical (unpaired) electrons. The van der Waals surface area contributed by atoms with Gasteiger partial charge in [0.25, 0.3) is 0 Å². The van der Waals surface area contributed by atoms with Gasteiger partial charge in [0, 0.05) is 11.6 Å². The van der Waals surface area contributed by atoms with Crippen molar-refractivity contribution < 1.29 is 9.53 Å². The number of imidazole rings is 1. The fourth-order valence-electron chi connectivity index (χ4n) is 3.68. The van der Waals surface area contributed by atoms with Crippen LogP contribution in [0.4, 0.5) is 4.79 Å². The van der Waals surface area contributed by atoms with E-state index >= 15 is 0 Å². The predicted octanol–water partition coefficient (Wildman–Crippen LogP) is 4.13. The molecular formula is C21H23N3O2. The molecule has 3 atom stereocenters. The third-order valence-electron chi connectivity index (χ3n) is 4.98. The van der Waals surface area contributed by atoms with Gasteiger partial charge in [-0.1, -0.05) is 18.1 Å². The lowest BCUT2D eigenvalue weighted by Crippen LogP contribution is -2.38. The maximum Gasteiger partial charge on any atom is 0.411 e. The monoisotopic (exact) mass is 349 g/mol. The molecule has 2 aromatic rings. The normalized spacial score (nSPS) is 24.1. The number of carbonyl (C=O) groups is 1. The molecular weight excluding hydrogens is 326 g/mol. The molecule has 2 aliphatic rings. The minimum Gasteiger partial charge on any atom is -0.444 e. The number of terminal acetylenes is 1. The van der Waals surface area contributed by atoms with Gasteiger partial charge in [-0.05, 0) is 57.2 Å². The van der Waals surface area contributed by atoms with Crippen LogP contribution in [0.1, 0.15) is 51.0 Å². The van der Waals surface area contributed by atoms with Crippen molar-refractivity contribution in [2.75, 3.05) is 0 Å². The molecule has 1 aromatic heterocycles. The Morgan fingerprint density at radius 1 is 1.31 bits per heavy atom. The maximum absolute atomic E-state index is 12.7. The summed E-state index contributed by atoms with van der Waals surface area (Å²) in [4.78, 5) is 22.5. The molecule has 0 bridgehead atoms. The molecule has 134 valence electrons. The summed E-state index contributed by atoms with van der Waals surface area (Å²) < 4.78 is 5.61. The lowest BCUT2D eigenvalue weighted by Gasteiger charge is -2.29. The summed E-state index contributed by atoms with van der Waals surface area (Å²) in [5, 5.41) is 0. The van der Waals surface area contributed by atoms with Gasteiger partial charge in [0.15, 0.2) is 0 Å². The number of hydrogen-bond donors (Lipinski definition) is 1. The van der Waals surface area contributed by atoms with Gasteiger partial charge in [-0.25, -0.2) is 9.78 Å². The number of amides is 1. The van der Waals surface area contributed by atoms with Crippen LogP contribution in [0.3, 0.4) is 0 Å². The number of nitrogens with one attached hydrogen (secondary N) is 1. The summed E-state index contributed by atoms with van der Waals surface area (Å²) in [6.07, 6.45) is 8.98. The number of rotatable bonds is 2. The largest absolute Gasteiger partial charge is 0.444 e. The van der Waals surface area contributed by atoms with E-state index < -0.39 is 5.60 Å². The molecule has 1 saturated carbocycles. The minimum absolute atomic E-state index is 0.0488. The summed E-state index contributed by atoms with van der Waals surface area (Å²) in [6, 6.07) is 8.01. The summed E-state index contributed by atoms with van der Waals surface area (Å²) in [5.41, 5.74) is 2.30. The molecule has 1 aliphatic carbocycles. The Labute approximate surface area is 153 Å². The van der Waals surface area contributed by atoms with Crippen molar-refractivity contribution in [3.05, 3.63) is 41.9 Å². The van der Waals surface area contributed by atoms with Crippen molar-refractivity contribution in [1.29, 1.82) is 0 Å². The number of hydrogen-bond acceptors (Lipinski definition) is 3. The predicted molar refractivity (Wildman–Crippen MR) is 99.3 cm³/mol. The number of H-pyrrole nitrogens is 1. The van der Waals surface area contributed by atoms with Gasteiger partial charge in [0.05, 0.1) is 17.9 Å². The van der Waals surface area contributed by atoms with Gasteiger partial charge in [0.1, 0.15) is 11.4 Å². The van der Waals surface area contributed by atoms with Gasteiger partial charge >= 0.3 is 6.09 Å². The van der Waals surface area contributed by atoms with Gasteiger partial charge < -0.3 is 9.72 Å². The lowest BCUT2D eigenvalue weighted by atomic mass is 10.1. The highest BCUT2D eigenvalue weighted by molar-refractivity contribution is 5.70. The summed E-state index contributed by atoms with van der Waals surface area (Å²) in [7, 11) is 0. The highest BCUT2D eigenvalue weighted by Gasteiger charge is 2.56. The first kappa shape index (κ1) is 16.7. The fourth-order valence-corrected chi connectivity index (χ4v) is 3.68. The molecule has 26 heavy (non-hydrogen) atoms. The van der Waals surface area contributed by atoms with Crippen LogP contribution in [-0.2, 0) is 4.74 Å². The van der Waals surface area contributed by atoms with E-state index in [1.807, 2.05) is 56.1 Å². The third kappa shape index (κ3) is 3.08. The van der Waals surface area contributed by atoms with Crippen molar-refractivity contribution >= 4 is 6.09 Å². The Morgan fingerprint density at radius 3 is 2.69 bits per heavy atom. The van der Waals surface area contributed by atoms with Crippen molar-refractivity contribution in [2.45, 2.75) is 51.3 Å². The number of carbonyl (C=O) groups excluding carboxylic acids is 1. The van der Waals surface area contributed by atoms with E-state index in [9.17, 15) is 4.79 Å². The maximum atomic E-state index is 12.7. The van der Waals surface area contributed by atoms with Crippen LogP contribution >= 0.6 is 0 Å². The van der Waals surface area contributed by atoms with Gasteiger partial charge in [-0.15, -0.1) is 6.42 Å². The van der Waals surface area contributed by atoms with E-state index in [2.05, 4.69) is 15.9 Å². The molecule has 1 amide bonds. The Morgan fingerprint density at radius 2 is 2.04 bits per heavy atom. The standard InChI is InChI=1S/C21H23N3O2/c1-5-13-6-8-14(9-7-13)16-12-22-19(23-16)18-11-15-10-17(15)24(18)20(25)26-21(2,3)4/h1,6-9,12,15,17-18H,10-11H2,2-4H3,(H,22,23)/t15-,17-,18+/m1/s1. The molecule has 1 aliphatic heterocycles. The molecule has 5 heteroatoms. The van der Waals surface area contributed by atoms with Gasteiger partial charge in [0.2, 0.25) is 0 Å². The zero-order chi connectivity index (χ0) is 18.5. The van der Waals surface area contributed by atoms with Crippen molar-refractivity contribution in [3.63, 3.8) is 0 Å². The highest BCUT2D eigenvalue weighted by atomic mass is 16.6. The zero-order valence-corrected chi connectivity index (χ0v) is 15.3. The van der Waals surface area contributed by atoms with Crippen LogP contribution in [0, 0.1) is 18.3 Å². The Hall–Kier alpha value is -2.74. The molecule has 4 rings (SSSR count). The van der Waals surface area contributed by atoms with E-state index in [1.165, 1.54) is 0 Å². The van der Waals surface area contributed by atoms with E-state index in [1.54, 1.807) is 0 Å². The Bertz CT molecular complexity index is 870. The van der Waals surface area contributed by atoms with E-state index in [-0.39, 0.29) is 12.1 Å². The van der Waals surface area contributed by atoms with Gasteiger partial charge in [-0.3, -0.25) is 4.90 Å². The average Bonchev–Trinajstić information content (AvgIpc) is 3.04. The molecule has 2 heterocycles. The second-order valence-electron chi connectivity index (χ2n) is 8.11. The third-order valence-corrected chi connectivity index (χ3v) is 4.98. The lowest BCUT2D eigenvalue weighted by molar-refractivity contribution is 0.0175. The molecule has 0 spiro atoms. The topological polar surface area (TPSA) is 58.2 Å². The number of aromatic amines is 1. The molecule has 5 nitrogen and oxygen atoms in total. The van der Waals surface area contributed by atoms with Crippen LogP contribution in [0.5, 0.6) is 0 Å². The fraction of sp³-hybridized carbons (Fsp3) is 0.429. The van der Waals surface area contributed by atoms with Crippen molar-refractivity contribution in [1.82, 2.24) is 14.9 Å². The molecule has 1 N–H and O–H groups in total. The Kier molecular flexibility index (Phi) is 3.80. The number of piperidine rings is 1. The van der Waals surface area contributed by atoms with E-state index in [0.29, 0.717) is 12.0 Å². The molecule has 0 unspecified atom stereocenters. The van der Waals surface area contributed by atoms with Crippen LogP contribution in [0.25, 0.3) is 11.3 Å². The first-order valence-electron chi connectivity index (χ1n) is 8.99. The molecule has 1 aromatic carbocycles. The first-order chi connectivity index (χ1) is 12.4. The average molecular weight is 349 g/mol. The summed E-state index contributed by atoms with van der Waals surface area (Å²) >= 11 is 0. The van der Waals surface area contributed by atoms with Crippen LogP contribution in [0.15, 0.2) is 30.5 Å². The Balaban J connectivity index is 1.56. The smallest absolute Gasteiger partial charge is 0.411 e. The summed E-state index contributed by atoms with van der Waals surface area (Å²) in [5.74, 6) is 4.00. The first-order valence-corrected chi connectivity index (χ1v) is 8.99. The highest BCUT2D eigenvalue weighted by Crippen LogP contribution is 2.53. The van der Waals surface area contributed by atoms with Crippen LogP contribution in [0.2, 0.25) is 0 Å². The number of benzene rings is 1. The van der Waals surface area contributed by atoms with Crippen LogP contribution < -0.4 is 0 Å². The molecule has 2 fully saturated rings. The number of likely N-dealkylation sites (tertiary alicyclic amines) is 1. The molecule has 1 saturated heterocycles. The number of fused-ring (bicyclic) bond motifs is 1.